The summed E-state index contributed by atoms with van der Waals surface area (Å²) in [5.74, 6) is 0.637. The first-order valence-corrected chi connectivity index (χ1v) is 6.69. The fourth-order valence-corrected chi connectivity index (χ4v) is 2.33. The number of rotatable bonds is 3. The molecule has 5 heteroatoms. The zero-order valence-corrected chi connectivity index (χ0v) is 11.1. The van der Waals surface area contributed by atoms with Gasteiger partial charge in [-0.3, -0.25) is 0 Å². The monoisotopic (exact) mass is 265 g/mol. The minimum Gasteiger partial charge on any atom is -0.372 e. The van der Waals surface area contributed by atoms with Crippen LogP contribution >= 0.6 is 0 Å². The van der Waals surface area contributed by atoms with Crippen LogP contribution in [-0.4, -0.2) is 23.1 Å². The predicted octanol–water partition coefficient (Wildman–Crippen LogP) is 2.69. The van der Waals surface area contributed by atoms with Crippen LogP contribution in [0.2, 0.25) is 0 Å². The van der Waals surface area contributed by atoms with Gasteiger partial charge in [0.15, 0.2) is 5.69 Å². The van der Waals surface area contributed by atoms with Crippen molar-refractivity contribution in [2.75, 3.05) is 23.3 Å². The summed E-state index contributed by atoms with van der Waals surface area (Å²) in [5, 5.41) is 11.8. The normalized spacial score (nSPS) is 14.1. The van der Waals surface area contributed by atoms with Gasteiger partial charge in [0.1, 0.15) is 11.9 Å². The van der Waals surface area contributed by atoms with Gasteiger partial charge < -0.3 is 10.2 Å². The van der Waals surface area contributed by atoms with Gasteiger partial charge in [-0.15, -0.1) is 0 Å². The van der Waals surface area contributed by atoms with E-state index in [-0.39, 0.29) is 0 Å². The third-order valence-corrected chi connectivity index (χ3v) is 3.38. The molecule has 2 heterocycles. The molecule has 0 unspecified atom stereocenters. The van der Waals surface area contributed by atoms with Gasteiger partial charge in [0.05, 0.1) is 12.4 Å². The van der Waals surface area contributed by atoms with E-state index in [9.17, 15) is 0 Å². The maximum absolute atomic E-state index is 8.68. The number of nitrogens with one attached hydrogen (secondary N) is 1. The number of hydrogen-bond acceptors (Lipinski definition) is 5. The van der Waals surface area contributed by atoms with E-state index in [1.54, 1.807) is 6.20 Å². The molecule has 2 aromatic rings. The molecule has 0 bridgehead atoms. The number of anilines is 3. The summed E-state index contributed by atoms with van der Waals surface area (Å²) in [4.78, 5) is 10.5. The van der Waals surface area contributed by atoms with Crippen LogP contribution in [0, 0.1) is 11.3 Å². The highest BCUT2D eigenvalue weighted by Crippen LogP contribution is 2.23. The Morgan fingerprint density at radius 1 is 1.05 bits per heavy atom. The first-order chi connectivity index (χ1) is 9.85. The van der Waals surface area contributed by atoms with Crippen LogP contribution in [0.4, 0.5) is 17.2 Å². The van der Waals surface area contributed by atoms with Crippen molar-refractivity contribution >= 4 is 17.2 Å². The Labute approximate surface area is 117 Å². The quantitative estimate of drug-likeness (QED) is 0.924. The molecule has 100 valence electrons. The highest BCUT2D eigenvalue weighted by Gasteiger charge is 2.11. The van der Waals surface area contributed by atoms with Gasteiger partial charge in [-0.1, -0.05) is 0 Å². The summed E-state index contributed by atoms with van der Waals surface area (Å²) < 4.78 is 0. The van der Waals surface area contributed by atoms with Crippen molar-refractivity contribution in [3.05, 3.63) is 42.4 Å². The van der Waals surface area contributed by atoms with E-state index >= 15 is 0 Å². The molecule has 1 aromatic heterocycles. The van der Waals surface area contributed by atoms with Crippen LogP contribution < -0.4 is 10.2 Å². The summed E-state index contributed by atoms with van der Waals surface area (Å²) in [6, 6.07) is 10.3. The van der Waals surface area contributed by atoms with Crippen molar-refractivity contribution in [2.24, 2.45) is 0 Å². The van der Waals surface area contributed by atoms with Crippen molar-refractivity contribution in [1.29, 1.82) is 5.26 Å². The molecular weight excluding hydrogens is 250 g/mol. The molecule has 0 radical (unpaired) electrons. The lowest BCUT2D eigenvalue weighted by atomic mass is 10.2. The summed E-state index contributed by atoms with van der Waals surface area (Å²) in [6.45, 7) is 2.29. The van der Waals surface area contributed by atoms with E-state index < -0.39 is 0 Å². The van der Waals surface area contributed by atoms with Crippen LogP contribution in [0.3, 0.4) is 0 Å². The first kappa shape index (κ1) is 12.4. The number of hydrogen-bond donors (Lipinski definition) is 1. The summed E-state index contributed by atoms with van der Waals surface area (Å²) in [7, 11) is 0. The minimum absolute atomic E-state index is 0.319. The van der Waals surface area contributed by atoms with Crippen molar-refractivity contribution in [2.45, 2.75) is 12.8 Å². The van der Waals surface area contributed by atoms with E-state index in [1.807, 2.05) is 18.2 Å². The molecule has 0 aliphatic carbocycles. The van der Waals surface area contributed by atoms with Crippen LogP contribution in [-0.2, 0) is 0 Å². The van der Waals surface area contributed by atoms with Crippen molar-refractivity contribution in [3.63, 3.8) is 0 Å². The second-order valence-electron chi connectivity index (χ2n) is 4.76. The van der Waals surface area contributed by atoms with Gasteiger partial charge in [-0.25, -0.2) is 9.97 Å². The Morgan fingerprint density at radius 2 is 1.80 bits per heavy atom. The third kappa shape index (κ3) is 2.69. The maximum Gasteiger partial charge on any atom is 0.158 e. The summed E-state index contributed by atoms with van der Waals surface area (Å²) in [5.41, 5.74) is 2.55. The van der Waals surface area contributed by atoms with Gasteiger partial charge in [-0.05, 0) is 37.1 Å². The van der Waals surface area contributed by atoms with Crippen molar-refractivity contribution in [1.82, 2.24) is 9.97 Å². The molecule has 1 aliphatic heterocycles. The standard InChI is InChI=1S/C15H15N5/c16-9-13-10-18-15(11-17-13)19-12-3-5-14(6-4-12)20-7-1-2-8-20/h3-6,10-11H,1-2,7-8H2,(H,18,19). The predicted molar refractivity (Wildman–Crippen MR) is 77.9 cm³/mol. The van der Waals surface area contributed by atoms with E-state index in [1.165, 1.54) is 24.7 Å². The Balaban J connectivity index is 1.69. The van der Waals surface area contributed by atoms with Crippen molar-refractivity contribution in [3.8, 4) is 6.07 Å². The molecule has 0 amide bonds. The fraction of sp³-hybridized carbons (Fsp3) is 0.267. The lowest BCUT2D eigenvalue weighted by Crippen LogP contribution is -2.17. The van der Waals surface area contributed by atoms with Gasteiger partial charge in [-0.2, -0.15) is 5.26 Å². The lowest BCUT2D eigenvalue weighted by molar-refractivity contribution is 0.949. The number of nitriles is 1. The third-order valence-electron chi connectivity index (χ3n) is 3.38. The molecule has 0 atom stereocenters. The van der Waals surface area contributed by atoms with E-state index in [0.29, 0.717) is 11.5 Å². The molecule has 0 spiro atoms. The van der Waals surface area contributed by atoms with Crippen molar-refractivity contribution < 1.29 is 0 Å². The Bertz CT molecular complexity index is 606. The highest BCUT2D eigenvalue weighted by atomic mass is 15.1. The largest absolute Gasteiger partial charge is 0.372 e. The summed E-state index contributed by atoms with van der Waals surface area (Å²) in [6.07, 6.45) is 5.58. The molecule has 0 saturated carbocycles. The Morgan fingerprint density at radius 3 is 2.40 bits per heavy atom. The molecule has 1 fully saturated rings. The number of aromatic nitrogens is 2. The fourth-order valence-electron chi connectivity index (χ4n) is 2.33. The zero-order chi connectivity index (χ0) is 13.8. The molecule has 3 rings (SSSR count). The van der Waals surface area contributed by atoms with Gasteiger partial charge in [0.25, 0.3) is 0 Å². The van der Waals surface area contributed by atoms with Crippen LogP contribution in [0.1, 0.15) is 18.5 Å². The average Bonchev–Trinajstić information content (AvgIpc) is 3.03. The minimum atomic E-state index is 0.319. The van der Waals surface area contributed by atoms with E-state index in [0.717, 1.165) is 18.8 Å². The van der Waals surface area contributed by atoms with E-state index in [2.05, 4.69) is 32.3 Å². The zero-order valence-electron chi connectivity index (χ0n) is 11.1. The second-order valence-corrected chi connectivity index (χ2v) is 4.76. The van der Waals surface area contributed by atoms with Gasteiger partial charge >= 0.3 is 0 Å². The van der Waals surface area contributed by atoms with Gasteiger partial charge in [0.2, 0.25) is 0 Å². The highest BCUT2D eigenvalue weighted by molar-refractivity contribution is 5.60. The maximum atomic E-state index is 8.68. The lowest BCUT2D eigenvalue weighted by Gasteiger charge is -2.17. The Kier molecular flexibility index (Phi) is 3.46. The molecule has 5 nitrogen and oxygen atoms in total. The molecule has 20 heavy (non-hydrogen) atoms. The number of nitrogens with zero attached hydrogens (tertiary/aromatic N) is 4. The first-order valence-electron chi connectivity index (χ1n) is 6.69. The van der Waals surface area contributed by atoms with Crippen LogP contribution in [0.15, 0.2) is 36.7 Å². The van der Waals surface area contributed by atoms with Crippen LogP contribution in [0.25, 0.3) is 0 Å². The Hall–Kier alpha value is -2.61. The molecule has 1 aromatic carbocycles. The average molecular weight is 265 g/mol. The van der Waals surface area contributed by atoms with Crippen LogP contribution in [0.5, 0.6) is 0 Å². The van der Waals surface area contributed by atoms with Gasteiger partial charge in [0, 0.05) is 24.5 Å². The van der Waals surface area contributed by atoms with E-state index in [4.69, 9.17) is 5.26 Å². The summed E-state index contributed by atoms with van der Waals surface area (Å²) >= 11 is 0. The topological polar surface area (TPSA) is 64.8 Å². The molecule has 1 aliphatic rings. The SMILES string of the molecule is N#Cc1cnc(Nc2ccc(N3CCCC3)cc2)cn1. The second kappa shape index (κ2) is 5.57. The smallest absolute Gasteiger partial charge is 0.158 e. The molecule has 1 N–H and O–H groups in total. The number of benzene rings is 1. The molecule has 1 saturated heterocycles. The molecular formula is C15H15N5.